The highest BCUT2D eigenvalue weighted by molar-refractivity contribution is 9.10. The molecule has 0 aliphatic heterocycles. The predicted octanol–water partition coefficient (Wildman–Crippen LogP) is 5.17. The van der Waals surface area contributed by atoms with Crippen molar-refractivity contribution in [2.45, 2.75) is 6.92 Å². The van der Waals surface area contributed by atoms with Gasteiger partial charge in [-0.15, -0.1) is 0 Å². The van der Waals surface area contributed by atoms with Gasteiger partial charge in [0.1, 0.15) is 5.69 Å². The molecule has 0 spiro atoms. The van der Waals surface area contributed by atoms with E-state index < -0.39 is 4.92 Å². The molecular weight excluding hydrogens is 376 g/mol. The Labute approximate surface area is 127 Å². The largest absolute Gasteiger partial charge is 0.350 e. The van der Waals surface area contributed by atoms with Crippen LogP contribution in [0, 0.1) is 17.0 Å². The maximum absolute atomic E-state index is 11.0. The lowest BCUT2D eigenvalue weighted by Crippen LogP contribution is -1.97. The molecule has 0 aliphatic carbocycles. The predicted molar refractivity (Wildman–Crippen MR) is 83.0 cm³/mol. The normalized spacial score (nSPS) is 10.3. The Morgan fingerprint density at radius 2 is 1.84 bits per heavy atom. The van der Waals surface area contributed by atoms with Crippen molar-refractivity contribution >= 4 is 48.9 Å². The highest BCUT2D eigenvalue weighted by Gasteiger charge is 2.14. The molecule has 98 valence electrons. The summed E-state index contributed by atoms with van der Waals surface area (Å²) >= 11 is 6.64. The zero-order chi connectivity index (χ0) is 14.0. The Morgan fingerprint density at radius 1 is 1.11 bits per heavy atom. The molecule has 0 aliphatic rings. The van der Waals surface area contributed by atoms with Crippen LogP contribution >= 0.6 is 31.9 Å². The summed E-state index contributed by atoms with van der Waals surface area (Å²) in [7, 11) is 0. The van der Waals surface area contributed by atoms with Crippen molar-refractivity contribution in [3.63, 3.8) is 0 Å². The first kappa shape index (κ1) is 14.0. The van der Waals surface area contributed by atoms with Gasteiger partial charge in [-0.05, 0) is 42.8 Å². The highest BCUT2D eigenvalue weighted by Crippen LogP contribution is 2.31. The van der Waals surface area contributed by atoms with Gasteiger partial charge in [-0.3, -0.25) is 10.1 Å². The molecule has 0 saturated carbocycles. The number of rotatable bonds is 3. The van der Waals surface area contributed by atoms with E-state index in [1.165, 1.54) is 6.07 Å². The SMILES string of the molecule is Cc1cc(Br)cc(Nc2ccc(Br)cc2[N+](=O)[O-])c1. The molecule has 2 aromatic carbocycles. The minimum atomic E-state index is -0.405. The second-order valence-electron chi connectivity index (χ2n) is 4.06. The Kier molecular flexibility index (Phi) is 4.21. The summed E-state index contributed by atoms with van der Waals surface area (Å²) < 4.78 is 1.60. The smallest absolute Gasteiger partial charge is 0.293 e. The number of aryl methyl sites for hydroxylation is 1. The van der Waals surface area contributed by atoms with Crippen LogP contribution in [-0.2, 0) is 0 Å². The number of nitro benzene ring substituents is 1. The minimum Gasteiger partial charge on any atom is -0.350 e. The molecule has 0 heterocycles. The van der Waals surface area contributed by atoms with Gasteiger partial charge in [0.05, 0.1) is 4.92 Å². The van der Waals surface area contributed by atoms with Crippen molar-refractivity contribution in [2.75, 3.05) is 5.32 Å². The fraction of sp³-hybridized carbons (Fsp3) is 0.0769. The van der Waals surface area contributed by atoms with Gasteiger partial charge in [0.2, 0.25) is 0 Å². The first-order chi connectivity index (χ1) is 8.95. The van der Waals surface area contributed by atoms with Crippen molar-refractivity contribution in [3.8, 4) is 0 Å². The van der Waals surface area contributed by atoms with Gasteiger partial charge in [-0.25, -0.2) is 0 Å². The summed E-state index contributed by atoms with van der Waals surface area (Å²) in [4.78, 5) is 10.6. The number of hydrogen-bond donors (Lipinski definition) is 1. The van der Waals surface area contributed by atoms with E-state index in [9.17, 15) is 10.1 Å². The second-order valence-corrected chi connectivity index (χ2v) is 5.89. The van der Waals surface area contributed by atoms with Crippen LogP contribution in [0.3, 0.4) is 0 Å². The van der Waals surface area contributed by atoms with E-state index in [0.717, 1.165) is 15.7 Å². The van der Waals surface area contributed by atoms with Gasteiger partial charge in [-0.1, -0.05) is 31.9 Å². The zero-order valence-corrected chi connectivity index (χ0v) is 13.2. The Bertz CT molecular complexity index is 624. The van der Waals surface area contributed by atoms with Crippen LogP contribution in [0.4, 0.5) is 17.1 Å². The molecule has 2 rings (SSSR count). The van der Waals surface area contributed by atoms with E-state index in [1.54, 1.807) is 12.1 Å². The summed E-state index contributed by atoms with van der Waals surface area (Å²) in [5.41, 5.74) is 2.37. The lowest BCUT2D eigenvalue weighted by atomic mass is 10.2. The van der Waals surface area contributed by atoms with Crippen molar-refractivity contribution in [2.24, 2.45) is 0 Å². The minimum absolute atomic E-state index is 0.0343. The maximum Gasteiger partial charge on any atom is 0.293 e. The quantitative estimate of drug-likeness (QED) is 0.585. The monoisotopic (exact) mass is 384 g/mol. The second kappa shape index (κ2) is 5.71. The van der Waals surface area contributed by atoms with Gasteiger partial charge >= 0.3 is 0 Å². The molecule has 1 N–H and O–H groups in total. The Morgan fingerprint density at radius 3 is 2.47 bits per heavy atom. The third-order valence-corrected chi connectivity index (χ3v) is 3.43. The number of halogens is 2. The van der Waals surface area contributed by atoms with Gasteiger partial charge in [0.15, 0.2) is 0 Å². The molecule has 0 radical (unpaired) electrons. The number of nitrogens with one attached hydrogen (secondary N) is 1. The van der Waals surface area contributed by atoms with Crippen LogP contribution < -0.4 is 5.32 Å². The molecule has 0 bridgehead atoms. The number of nitrogens with zero attached hydrogens (tertiary/aromatic N) is 1. The summed E-state index contributed by atoms with van der Waals surface area (Å²) in [6.45, 7) is 1.96. The van der Waals surface area contributed by atoms with Crippen molar-refractivity contribution < 1.29 is 4.92 Å². The molecule has 19 heavy (non-hydrogen) atoms. The van der Waals surface area contributed by atoms with E-state index in [0.29, 0.717) is 10.2 Å². The number of nitro groups is 1. The fourth-order valence-corrected chi connectivity index (χ4v) is 2.68. The van der Waals surface area contributed by atoms with E-state index in [2.05, 4.69) is 37.2 Å². The lowest BCUT2D eigenvalue weighted by molar-refractivity contribution is -0.384. The van der Waals surface area contributed by atoms with Crippen LogP contribution in [0.15, 0.2) is 45.3 Å². The van der Waals surface area contributed by atoms with Gasteiger partial charge in [0.25, 0.3) is 5.69 Å². The molecule has 6 heteroatoms. The third kappa shape index (κ3) is 3.54. The molecule has 0 aromatic heterocycles. The Balaban J connectivity index is 2.40. The average molecular weight is 386 g/mol. The average Bonchev–Trinajstić information content (AvgIpc) is 2.30. The highest BCUT2D eigenvalue weighted by atomic mass is 79.9. The summed E-state index contributed by atoms with van der Waals surface area (Å²) in [6.07, 6.45) is 0. The summed E-state index contributed by atoms with van der Waals surface area (Å²) in [5.74, 6) is 0. The van der Waals surface area contributed by atoms with Crippen LogP contribution in [-0.4, -0.2) is 4.92 Å². The van der Waals surface area contributed by atoms with Crippen LogP contribution in [0.25, 0.3) is 0 Å². The van der Waals surface area contributed by atoms with Gasteiger partial charge < -0.3 is 5.32 Å². The van der Waals surface area contributed by atoms with Crippen LogP contribution in [0.1, 0.15) is 5.56 Å². The molecule has 0 fully saturated rings. The summed E-state index contributed by atoms with van der Waals surface area (Å²) in [5, 5.41) is 14.1. The molecule has 0 amide bonds. The van der Waals surface area contributed by atoms with Crippen LogP contribution in [0.5, 0.6) is 0 Å². The summed E-state index contributed by atoms with van der Waals surface area (Å²) in [6, 6.07) is 10.7. The van der Waals surface area contributed by atoms with Crippen molar-refractivity contribution in [1.29, 1.82) is 0 Å². The number of hydrogen-bond acceptors (Lipinski definition) is 3. The topological polar surface area (TPSA) is 55.2 Å². The molecule has 0 atom stereocenters. The first-order valence-corrected chi connectivity index (χ1v) is 7.02. The fourth-order valence-electron chi connectivity index (χ4n) is 1.73. The Hall–Kier alpha value is -1.40. The van der Waals surface area contributed by atoms with E-state index in [4.69, 9.17) is 0 Å². The molecule has 4 nitrogen and oxygen atoms in total. The zero-order valence-electron chi connectivity index (χ0n) is 9.98. The van der Waals surface area contributed by atoms with Crippen molar-refractivity contribution in [3.05, 3.63) is 61.0 Å². The lowest BCUT2D eigenvalue weighted by Gasteiger charge is -2.09. The molecule has 0 saturated heterocycles. The molecule has 2 aromatic rings. The van der Waals surface area contributed by atoms with E-state index >= 15 is 0 Å². The maximum atomic E-state index is 11.0. The number of anilines is 2. The van der Waals surface area contributed by atoms with Gasteiger partial charge in [-0.2, -0.15) is 0 Å². The molecular formula is C13H10Br2N2O2. The van der Waals surface area contributed by atoms with Gasteiger partial charge in [0, 0.05) is 20.7 Å². The van der Waals surface area contributed by atoms with E-state index in [-0.39, 0.29) is 5.69 Å². The first-order valence-electron chi connectivity index (χ1n) is 5.44. The van der Waals surface area contributed by atoms with E-state index in [1.807, 2.05) is 25.1 Å². The molecule has 0 unspecified atom stereocenters. The number of benzene rings is 2. The third-order valence-electron chi connectivity index (χ3n) is 2.48. The standard InChI is InChI=1S/C13H10Br2N2O2/c1-8-4-10(15)6-11(5-8)16-12-3-2-9(14)7-13(12)17(18)19/h2-7,16H,1H3. The van der Waals surface area contributed by atoms with Crippen LogP contribution in [0.2, 0.25) is 0 Å². The van der Waals surface area contributed by atoms with Crippen molar-refractivity contribution in [1.82, 2.24) is 0 Å².